The molecule has 0 aliphatic carbocycles. The highest BCUT2D eigenvalue weighted by molar-refractivity contribution is 7.22. The normalized spacial score (nSPS) is 15.3. The van der Waals surface area contributed by atoms with Crippen LogP contribution in [0.2, 0.25) is 5.02 Å². The zero-order valence-electron chi connectivity index (χ0n) is 11.0. The standard InChI is InChI=1S/C13H14ClN3OS.ClH/c1-9(18)16-4-6-17(7-5-16)13-15-11-3-2-10(14)8-12(11)19-13;/h2-3,8H,4-7H2,1H3;1H. The summed E-state index contributed by atoms with van der Waals surface area (Å²) in [6, 6.07) is 5.76. The van der Waals surface area contributed by atoms with Crippen LogP contribution in [0.4, 0.5) is 5.13 Å². The van der Waals surface area contributed by atoms with Crippen molar-refractivity contribution in [2.45, 2.75) is 6.92 Å². The van der Waals surface area contributed by atoms with Crippen LogP contribution in [0.3, 0.4) is 0 Å². The summed E-state index contributed by atoms with van der Waals surface area (Å²) >= 11 is 7.64. The van der Waals surface area contributed by atoms with E-state index >= 15 is 0 Å². The molecule has 108 valence electrons. The molecule has 0 radical (unpaired) electrons. The van der Waals surface area contributed by atoms with E-state index in [4.69, 9.17) is 11.6 Å². The van der Waals surface area contributed by atoms with Crippen LogP contribution in [-0.2, 0) is 4.79 Å². The number of carbonyl (C=O) groups excluding carboxylic acids is 1. The molecule has 1 amide bonds. The molecule has 0 N–H and O–H groups in total. The monoisotopic (exact) mass is 331 g/mol. The van der Waals surface area contributed by atoms with E-state index in [0.717, 1.165) is 46.5 Å². The summed E-state index contributed by atoms with van der Waals surface area (Å²) in [4.78, 5) is 20.0. The Kier molecular flexibility index (Phi) is 4.73. The Hall–Kier alpha value is -1.04. The second kappa shape index (κ2) is 6.16. The molecule has 0 spiro atoms. The van der Waals surface area contributed by atoms with Crippen LogP contribution in [0.1, 0.15) is 6.92 Å². The minimum absolute atomic E-state index is 0. The number of hydrogen-bond acceptors (Lipinski definition) is 4. The Bertz CT molecular complexity index is 623. The van der Waals surface area contributed by atoms with Crippen LogP contribution in [0.15, 0.2) is 18.2 Å². The van der Waals surface area contributed by atoms with E-state index in [1.807, 2.05) is 23.1 Å². The third kappa shape index (κ3) is 3.00. The fraction of sp³-hybridized carbons (Fsp3) is 0.385. The van der Waals surface area contributed by atoms with Gasteiger partial charge in [-0.15, -0.1) is 12.4 Å². The van der Waals surface area contributed by atoms with Gasteiger partial charge in [0, 0.05) is 38.1 Å². The molecule has 0 saturated carbocycles. The molecule has 0 unspecified atom stereocenters. The van der Waals surface area contributed by atoms with E-state index in [1.165, 1.54) is 0 Å². The Balaban J connectivity index is 0.00000147. The summed E-state index contributed by atoms with van der Waals surface area (Å²) in [5, 5.41) is 1.75. The van der Waals surface area contributed by atoms with E-state index in [9.17, 15) is 4.79 Å². The van der Waals surface area contributed by atoms with Gasteiger partial charge in [0.2, 0.25) is 5.91 Å². The van der Waals surface area contributed by atoms with E-state index < -0.39 is 0 Å². The highest BCUT2D eigenvalue weighted by atomic mass is 35.5. The smallest absolute Gasteiger partial charge is 0.219 e. The molecule has 4 nitrogen and oxygen atoms in total. The second-order valence-electron chi connectivity index (χ2n) is 4.60. The van der Waals surface area contributed by atoms with Crippen LogP contribution in [0.25, 0.3) is 10.2 Å². The largest absolute Gasteiger partial charge is 0.345 e. The topological polar surface area (TPSA) is 36.4 Å². The van der Waals surface area contributed by atoms with Crippen molar-refractivity contribution in [2.75, 3.05) is 31.1 Å². The number of amides is 1. The van der Waals surface area contributed by atoms with Gasteiger partial charge in [0.15, 0.2) is 5.13 Å². The summed E-state index contributed by atoms with van der Waals surface area (Å²) in [6.07, 6.45) is 0. The second-order valence-corrected chi connectivity index (χ2v) is 6.05. The lowest BCUT2D eigenvalue weighted by Crippen LogP contribution is -2.48. The average molecular weight is 332 g/mol. The minimum atomic E-state index is 0. The van der Waals surface area contributed by atoms with Gasteiger partial charge in [-0.2, -0.15) is 0 Å². The number of benzene rings is 1. The van der Waals surface area contributed by atoms with Crippen molar-refractivity contribution < 1.29 is 4.79 Å². The van der Waals surface area contributed by atoms with Gasteiger partial charge >= 0.3 is 0 Å². The first kappa shape index (κ1) is 15.4. The number of halogens is 2. The zero-order chi connectivity index (χ0) is 13.4. The molecular weight excluding hydrogens is 317 g/mol. The lowest BCUT2D eigenvalue weighted by atomic mass is 10.3. The minimum Gasteiger partial charge on any atom is -0.345 e. The van der Waals surface area contributed by atoms with Crippen molar-refractivity contribution in [3.63, 3.8) is 0 Å². The highest BCUT2D eigenvalue weighted by Crippen LogP contribution is 2.31. The molecule has 1 saturated heterocycles. The van der Waals surface area contributed by atoms with Crippen LogP contribution < -0.4 is 4.90 Å². The summed E-state index contributed by atoms with van der Waals surface area (Å²) in [5.41, 5.74) is 0.985. The van der Waals surface area contributed by atoms with Gasteiger partial charge in [-0.05, 0) is 18.2 Å². The molecule has 0 bridgehead atoms. The van der Waals surface area contributed by atoms with Crippen molar-refractivity contribution in [3.8, 4) is 0 Å². The first-order valence-corrected chi connectivity index (χ1v) is 7.39. The first-order chi connectivity index (χ1) is 9.13. The van der Waals surface area contributed by atoms with Gasteiger partial charge < -0.3 is 9.80 Å². The van der Waals surface area contributed by atoms with Crippen molar-refractivity contribution >= 4 is 56.6 Å². The molecule has 1 aromatic heterocycles. The van der Waals surface area contributed by atoms with Gasteiger partial charge in [0.25, 0.3) is 0 Å². The van der Waals surface area contributed by atoms with Crippen LogP contribution in [0.5, 0.6) is 0 Å². The summed E-state index contributed by atoms with van der Waals surface area (Å²) < 4.78 is 1.11. The predicted octanol–water partition coefficient (Wildman–Crippen LogP) is 3.04. The fourth-order valence-corrected chi connectivity index (χ4v) is 3.53. The van der Waals surface area contributed by atoms with Crippen LogP contribution in [0, 0.1) is 0 Å². The van der Waals surface area contributed by atoms with Crippen molar-refractivity contribution in [1.82, 2.24) is 9.88 Å². The van der Waals surface area contributed by atoms with Crippen LogP contribution >= 0.6 is 35.3 Å². The van der Waals surface area contributed by atoms with Crippen LogP contribution in [-0.4, -0.2) is 42.0 Å². The molecule has 0 atom stereocenters. The predicted molar refractivity (Wildman–Crippen MR) is 86.3 cm³/mol. The number of nitrogens with zero attached hydrogens (tertiary/aromatic N) is 3. The third-order valence-corrected chi connectivity index (χ3v) is 4.65. The maximum atomic E-state index is 11.3. The lowest BCUT2D eigenvalue weighted by Gasteiger charge is -2.33. The SMILES string of the molecule is CC(=O)N1CCN(c2nc3ccc(Cl)cc3s2)CC1.Cl. The number of anilines is 1. The van der Waals surface area contributed by atoms with E-state index in [0.29, 0.717) is 0 Å². The van der Waals surface area contributed by atoms with Gasteiger partial charge in [-0.1, -0.05) is 22.9 Å². The fourth-order valence-electron chi connectivity index (χ4n) is 2.23. The molecule has 1 aliphatic heterocycles. The molecule has 3 rings (SSSR count). The van der Waals surface area contributed by atoms with E-state index in [-0.39, 0.29) is 18.3 Å². The summed E-state index contributed by atoms with van der Waals surface area (Å²) in [7, 11) is 0. The number of hydrogen-bond donors (Lipinski definition) is 0. The Morgan fingerprint density at radius 2 is 2.00 bits per heavy atom. The van der Waals surface area contributed by atoms with Crippen molar-refractivity contribution in [1.29, 1.82) is 0 Å². The summed E-state index contributed by atoms with van der Waals surface area (Å²) in [6.45, 7) is 4.84. The molecule has 1 aromatic carbocycles. The Morgan fingerprint density at radius 1 is 1.30 bits per heavy atom. The molecule has 2 aromatic rings. The quantitative estimate of drug-likeness (QED) is 0.805. The lowest BCUT2D eigenvalue weighted by molar-refractivity contribution is -0.129. The molecular formula is C13H15Cl2N3OS. The number of thiazole rings is 1. The number of piperazine rings is 1. The highest BCUT2D eigenvalue weighted by Gasteiger charge is 2.20. The first-order valence-electron chi connectivity index (χ1n) is 6.20. The molecule has 7 heteroatoms. The molecule has 1 fully saturated rings. The summed E-state index contributed by atoms with van der Waals surface area (Å²) in [5.74, 6) is 0.149. The Labute approximate surface area is 132 Å². The number of aromatic nitrogens is 1. The number of carbonyl (C=O) groups is 1. The van der Waals surface area contributed by atoms with Gasteiger partial charge in [-0.3, -0.25) is 4.79 Å². The van der Waals surface area contributed by atoms with Crippen molar-refractivity contribution in [2.24, 2.45) is 0 Å². The van der Waals surface area contributed by atoms with E-state index in [1.54, 1.807) is 18.3 Å². The van der Waals surface area contributed by atoms with Crippen molar-refractivity contribution in [3.05, 3.63) is 23.2 Å². The maximum Gasteiger partial charge on any atom is 0.219 e. The number of fused-ring (bicyclic) bond motifs is 1. The average Bonchev–Trinajstić information content (AvgIpc) is 2.81. The molecule has 2 heterocycles. The third-order valence-electron chi connectivity index (χ3n) is 3.33. The Morgan fingerprint density at radius 3 is 2.65 bits per heavy atom. The zero-order valence-corrected chi connectivity index (χ0v) is 13.4. The molecule has 20 heavy (non-hydrogen) atoms. The molecule has 1 aliphatic rings. The van der Waals surface area contributed by atoms with Gasteiger partial charge in [0.1, 0.15) is 0 Å². The maximum absolute atomic E-state index is 11.3. The number of rotatable bonds is 1. The van der Waals surface area contributed by atoms with Gasteiger partial charge in [0.05, 0.1) is 10.2 Å². The van der Waals surface area contributed by atoms with E-state index in [2.05, 4.69) is 9.88 Å². The van der Waals surface area contributed by atoms with Gasteiger partial charge in [-0.25, -0.2) is 4.98 Å².